The Morgan fingerprint density at radius 2 is 1.78 bits per heavy atom. The number of rotatable bonds is 5. The van der Waals surface area contributed by atoms with Crippen LogP contribution in [0.3, 0.4) is 0 Å². The predicted molar refractivity (Wildman–Crippen MR) is 108 cm³/mol. The summed E-state index contributed by atoms with van der Waals surface area (Å²) in [6.45, 7) is 4.02. The molecule has 2 aromatic carbocycles. The molecular weight excluding hydrogens is 360 g/mol. The van der Waals surface area contributed by atoms with Gasteiger partial charge < -0.3 is 4.90 Å². The third-order valence-corrected chi connectivity index (χ3v) is 6.06. The summed E-state index contributed by atoms with van der Waals surface area (Å²) in [5.41, 5.74) is 2.12. The van der Waals surface area contributed by atoms with E-state index in [0.29, 0.717) is 17.2 Å². The number of benzene rings is 2. The highest BCUT2D eigenvalue weighted by Crippen LogP contribution is 2.21. The Labute approximate surface area is 161 Å². The molecule has 0 saturated carbocycles. The molecule has 0 radical (unpaired) electrons. The number of para-hydroxylation sites is 1. The average Bonchev–Trinajstić information content (AvgIpc) is 2.66. The van der Waals surface area contributed by atoms with Gasteiger partial charge in [-0.2, -0.15) is 0 Å². The molecule has 1 aliphatic rings. The highest BCUT2D eigenvalue weighted by atomic mass is 32.2. The lowest BCUT2D eigenvalue weighted by Gasteiger charge is -2.31. The van der Waals surface area contributed by atoms with Crippen molar-refractivity contribution in [2.45, 2.75) is 26.3 Å². The fourth-order valence-electron chi connectivity index (χ4n) is 3.47. The molecule has 0 aromatic heterocycles. The molecule has 1 amide bonds. The molecule has 2 aromatic rings. The standard InChI is InChI=1S/C21H26N2O3S/c1-17-7-6-14-22(15-17)21(24)19-12-10-18(11-13-19)16-23(27(2,25)26)20-8-4-3-5-9-20/h3-5,8-13,17H,6-7,14-16H2,1-2H3/t17-/m0/s1. The fraction of sp³-hybridized carbons (Fsp3) is 0.381. The minimum absolute atomic E-state index is 0.0520. The van der Waals surface area contributed by atoms with Crippen LogP contribution in [0.25, 0.3) is 0 Å². The monoisotopic (exact) mass is 386 g/mol. The lowest BCUT2D eigenvalue weighted by Crippen LogP contribution is -2.39. The van der Waals surface area contributed by atoms with Crippen molar-refractivity contribution in [1.29, 1.82) is 0 Å². The second-order valence-electron chi connectivity index (χ2n) is 7.30. The molecule has 6 heteroatoms. The van der Waals surface area contributed by atoms with Crippen molar-refractivity contribution in [2.24, 2.45) is 5.92 Å². The van der Waals surface area contributed by atoms with Crippen LogP contribution in [0, 0.1) is 5.92 Å². The van der Waals surface area contributed by atoms with E-state index in [1.54, 1.807) is 24.3 Å². The second-order valence-corrected chi connectivity index (χ2v) is 9.21. The number of carbonyl (C=O) groups is 1. The maximum atomic E-state index is 12.7. The van der Waals surface area contributed by atoms with Gasteiger partial charge in [0.2, 0.25) is 10.0 Å². The van der Waals surface area contributed by atoms with E-state index < -0.39 is 10.0 Å². The number of hydrogen-bond acceptors (Lipinski definition) is 3. The van der Waals surface area contributed by atoms with Crippen molar-refractivity contribution in [3.05, 3.63) is 65.7 Å². The van der Waals surface area contributed by atoms with Gasteiger partial charge in [0, 0.05) is 18.7 Å². The predicted octanol–water partition coefficient (Wildman–Crippen LogP) is 3.52. The van der Waals surface area contributed by atoms with Gasteiger partial charge in [0.15, 0.2) is 0 Å². The number of amides is 1. The highest BCUT2D eigenvalue weighted by molar-refractivity contribution is 7.92. The van der Waals surface area contributed by atoms with Gasteiger partial charge in [-0.1, -0.05) is 37.3 Å². The maximum Gasteiger partial charge on any atom is 0.253 e. The Bertz CT molecular complexity index is 879. The maximum absolute atomic E-state index is 12.7. The van der Waals surface area contributed by atoms with Gasteiger partial charge >= 0.3 is 0 Å². The van der Waals surface area contributed by atoms with E-state index in [0.717, 1.165) is 25.1 Å². The van der Waals surface area contributed by atoms with Crippen LogP contribution in [-0.4, -0.2) is 38.6 Å². The SMILES string of the molecule is C[C@H]1CCCN(C(=O)c2ccc(CN(c3ccccc3)S(C)(=O)=O)cc2)C1. The molecule has 0 aliphatic carbocycles. The van der Waals surface area contributed by atoms with Gasteiger partial charge in [-0.15, -0.1) is 0 Å². The van der Waals surface area contributed by atoms with Crippen LogP contribution in [0.1, 0.15) is 35.7 Å². The van der Waals surface area contributed by atoms with E-state index in [4.69, 9.17) is 0 Å². The van der Waals surface area contributed by atoms with Gasteiger partial charge in [0.25, 0.3) is 5.91 Å². The molecule has 1 atom stereocenters. The van der Waals surface area contributed by atoms with E-state index in [1.165, 1.54) is 17.0 Å². The summed E-state index contributed by atoms with van der Waals surface area (Å²) < 4.78 is 25.8. The largest absolute Gasteiger partial charge is 0.338 e. The normalized spacial score (nSPS) is 17.6. The highest BCUT2D eigenvalue weighted by Gasteiger charge is 2.22. The topological polar surface area (TPSA) is 57.7 Å². The van der Waals surface area contributed by atoms with E-state index in [-0.39, 0.29) is 12.5 Å². The zero-order chi connectivity index (χ0) is 19.4. The Balaban J connectivity index is 1.75. The number of anilines is 1. The molecule has 1 saturated heterocycles. The first kappa shape index (κ1) is 19.4. The lowest BCUT2D eigenvalue weighted by molar-refractivity contribution is 0.0683. The van der Waals surface area contributed by atoms with Crippen molar-refractivity contribution >= 4 is 21.6 Å². The van der Waals surface area contributed by atoms with Crippen molar-refractivity contribution in [3.8, 4) is 0 Å². The fourth-order valence-corrected chi connectivity index (χ4v) is 4.36. The number of sulfonamides is 1. The zero-order valence-electron chi connectivity index (χ0n) is 15.8. The van der Waals surface area contributed by atoms with Crippen molar-refractivity contribution < 1.29 is 13.2 Å². The number of piperidine rings is 1. The second kappa shape index (κ2) is 8.13. The first-order chi connectivity index (χ1) is 12.8. The van der Waals surface area contributed by atoms with E-state index in [9.17, 15) is 13.2 Å². The van der Waals surface area contributed by atoms with Gasteiger partial charge in [0.1, 0.15) is 0 Å². The van der Waals surface area contributed by atoms with Crippen molar-refractivity contribution in [3.63, 3.8) is 0 Å². The molecular formula is C21H26N2O3S. The van der Waals surface area contributed by atoms with Gasteiger partial charge in [-0.05, 0) is 48.6 Å². The minimum Gasteiger partial charge on any atom is -0.338 e. The quantitative estimate of drug-likeness (QED) is 0.790. The smallest absolute Gasteiger partial charge is 0.253 e. The first-order valence-electron chi connectivity index (χ1n) is 9.25. The van der Waals surface area contributed by atoms with Crippen LogP contribution in [0.15, 0.2) is 54.6 Å². The van der Waals surface area contributed by atoms with Gasteiger partial charge in [0.05, 0.1) is 18.5 Å². The van der Waals surface area contributed by atoms with Crippen LogP contribution in [0.4, 0.5) is 5.69 Å². The molecule has 1 fully saturated rings. The number of carbonyl (C=O) groups excluding carboxylic acids is 1. The van der Waals surface area contributed by atoms with Gasteiger partial charge in [-0.25, -0.2) is 8.42 Å². The molecule has 3 rings (SSSR count). The first-order valence-corrected chi connectivity index (χ1v) is 11.1. The summed E-state index contributed by atoms with van der Waals surface area (Å²) in [6, 6.07) is 16.3. The summed E-state index contributed by atoms with van der Waals surface area (Å²) in [4.78, 5) is 14.6. The minimum atomic E-state index is -3.41. The van der Waals surface area contributed by atoms with Crippen LogP contribution < -0.4 is 4.31 Å². The summed E-state index contributed by atoms with van der Waals surface area (Å²) in [6.07, 6.45) is 3.42. The van der Waals surface area contributed by atoms with Crippen LogP contribution in [-0.2, 0) is 16.6 Å². The molecule has 144 valence electrons. The summed E-state index contributed by atoms with van der Waals surface area (Å²) in [7, 11) is -3.41. The summed E-state index contributed by atoms with van der Waals surface area (Å²) in [5, 5.41) is 0. The molecule has 5 nitrogen and oxygen atoms in total. The number of nitrogens with zero attached hydrogens (tertiary/aromatic N) is 2. The van der Waals surface area contributed by atoms with E-state index in [1.807, 2.05) is 35.2 Å². The Morgan fingerprint density at radius 3 is 2.37 bits per heavy atom. The number of likely N-dealkylation sites (tertiary alicyclic amines) is 1. The van der Waals surface area contributed by atoms with Gasteiger partial charge in [-0.3, -0.25) is 9.10 Å². The summed E-state index contributed by atoms with van der Waals surface area (Å²) in [5.74, 6) is 0.590. The Morgan fingerprint density at radius 1 is 1.11 bits per heavy atom. The Kier molecular flexibility index (Phi) is 5.85. The molecule has 0 unspecified atom stereocenters. The van der Waals surface area contributed by atoms with Crippen LogP contribution in [0.2, 0.25) is 0 Å². The van der Waals surface area contributed by atoms with Crippen molar-refractivity contribution in [2.75, 3.05) is 23.7 Å². The molecule has 0 spiro atoms. The molecule has 0 N–H and O–H groups in total. The van der Waals surface area contributed by atoms with E-state index in [2.05, 4.69) is 6.92 Å². The van der Waals surface area contributed by atoms with Crippen molar-refractivity contribution in [1.82, 2.24) is 4.90 Å². The summed E-state index contributed by atoms with van der Waals surface area (Å²) >= 11 is 0. The lowest BCUT2D eigenvalue weighted by atomic mass is 9.99. The molecule has 1 aliphatic heterocycles. The third-order valence-electron chi connectivity index (χ3n) is 4.92. The zero-order valence-corrected chi connectivity index (χ0v) is 16.7. The Hall–Kier alpha value is -2.34. The number of hydrogen-bond donors (Lipinski definition) is 0. The molecule has 27 heavy (non-hydrogen) atoms. The third kappa shape index (κ3) is 4.89. The average molecular weight is 387 g/mol. The van der Waals surface area contributed by atoms with Crippen LogP contribution in [0.5, 0.6) is 0 Å². The van der Waals surface area contributed by atoms with E-state index >= 15 is 0 Å². The molecule has 0 bridgehead atoms. The van der Waals surface area contributed by atoms with Crippen LogP contribution >= 0.6 is 0 Å². The molecule has 1 heterocycles.